The van der Waals surface area contributed by atoms with Crippen molar-refractivity contribution in [2.45, 2.75) is 51.3 Å². The van der Waals surface area contributed by atoms with E-state index in [4.69, 9.17) is 9.47 Å². The van der Waals surface area contributed by atoms with Crippen molar-refractivity contribution in [3.63, 3.8) is 0 Å². The van der Waals surface area contributed by atoms with Crippen LogP contribution in [-0.4, -0.2) is 25.2 Å². The van der Waals surface area contributed by atoms with Gasteiger partial charge in [0.25, 0.3) is 0 Å². The standard InChI is InChI=1S/C24H27FN2O3/c1-15(2)30-22-11-4-16(13-26)12-18(22)14-27-21-10-9-20(24(28)29-3)23(21)17-5-7-19(25)8-6-17/h4-8,11-12,15,20-21,23,27H,9-10,14H2,1-3H3/t20-,21-,23+/m0/s1. The Morgan fingerprint density at radius 2 is 1.97 bits per heavy atom. The second-order valence-electron chi connectivity index (χ2n) is 7.87. The first-order valence-electron chi connectivity index (χ1n) is 10.2. The lowest BCUT2D eigenvalue weighted by Crippen LogP contribution is -2.34. The smallest absolute Gasteiger partial charge is 0.309 e. The largest absolute Gasteiger partial charge is 0.491 e. The number of ether oxygens (including phenoxy) is 2. The highest BCUT2D eigenvalue weighted by Gasteiger charge is 2.41. The number of hydrogen-bond donors (Lipinski definition) is 1. The van der Waals surface area contributed by atoms with Gasteiger partial charge in [0.05, 0.1) is 30.8 Å². The second-order valence-corrected chi connectivity index (χ2v) is 7.87. The number of carbonyl (C=O) groups excluding carboxylic acids is 1. The van der Waals surface area contributed by atoms with Crippen molar-refractivity contribution in [3.8, 4) is 11.8 Å². The van der Waals surface area contributed by atoms with E-state index in [0.29, 0.717) is 18.5 Å². The zero-order valence-electron chi connectivity index (χ0n) is 17.5. The molecule has 0 saturated heterocycles. The summed E-state index contributed by atoms with van der Waals surface area (Å²) in [5.74, 6) is -0.220. The number of hydrogen-bond acceptors (Lipinski definition) is 5. The molecule has 3 atom stereocenters. The first kappa shape index (κ1) is 21.8. The molecule has 6 heteroatoms. The Kier molecular flexibility index (Phi) is 7.07. The number of benzene rings is 2. The van der Waals surface area contributed by atoms with E-state index in [1.807, 2.05) is 26.0 Å². The lowest BCUT2D eigenvalue weighted by Gasteiger charge is -2.26. The van der Waals surface area contributed by atoms with Crippen LogP contribution >= 0.6 is 0 Å². The lowest BCUT2D eigenvalue weighted by molar-refractivity contribution is -0.145. The average molecular weight is 410 g/mol. The fourth-order valence-corrected chi connectivity index (χ4v) is 4.19. The van der Waals surface area contributed by atoms with Gasteiger partial charge in [-0.15, -0.1) is 0 Å². The van der Waals surface area contributed by atoms with E-state index in [1.165, 1.54) is 19.2 Å². The van der Waals surface area contributed by atoms with Crippen LogP contribution < -0.4 is 10.1 Å². The second kappa shape index (κ2) is 9.73. The van der Waals surface area contributed by atoms with Crippen LogP contribution in [0.1, 0.15) is 49.3 Å². The highest BCUT2D eigenvalue weighted by atomic mass is 19.1. The summed E-state index contributed by atoms with van der Waals surface area (Å²) in [4.78, 5) is 12.4. The minimum absolute atomic E-state index is 0.0113. The first-order valence-corrected chi connectivity index (χ1v) is 10.2. The van der Waals surface area contributed by atoms with E-state index in [0.717, 1.165) is 23.3 Å². The number of nitrogens with zero attached hydrogens (tertiary/aromatic N) is 1. The summed E-state index contributed by atoms with van der Waals surface area (Å²) in [6, 6.07) is 13.9. The molecule has 5 nitrogen and oxygen atoms in total. The maximum absolute atomic E-state index is 13.4. The van der Waals surface area contributed by atoms with Gasteiger partial charge in [0, 0.05) is 24.1 Å². The van der Waals surface area contributed by atoms with Crippen LogP contribution in [0.4, 0.5) is 4.39 Å². The molecule has 1 aliphatic rings. The van der Waals surface area contributed by atoms with Crippen molar-refractivity contribution in [1.82, 2.24) is 5.32 Å². The summed E-state index contributed by atoms with van der Waals surface area (Å²) in [7, 11) is 1.40. The molecule has 0 radical (unpaired) electrons. The minimum atomic E-state index is -0.306. The number of rotatable bonds is 7. The highest BCUT2D eigenvalue weighted by Crippen LogP contribution is 2.41. The fourth-order valence-electron chi connectivity index (χ4n) is 4.19. The molecular weight excluding hydrogens is 383 g/mol. The molecule has 0 aliphatic heterocycles. The third-order valence-corrected chi connectivity index (χ3v) is 5.52. The van der Waals surface area contributed by atoms with Gasteiger partial charge >= 0.3 is 5.97 Å². The van der Waals surface area contributed by atoms with E-state index >= 15 is 0 Å². The summed E-state index contributed by atoms with van der Waals surface area (Å²) in [6.45, 7) is 4.41. The molecule has 0 aromatic heterocycles. The van der Waals surface area contributed by atoms with Crippen LogP contribution in [0, 0.1) is 23.1 Å². The van der Waals surface area contributed by atoms with Gasteiger partial charge in [0.1, 0.15) is 11.6 Å². The SMILES string of the molecule is COC(=O)[C@H]1CC[C@H](NCc2cc(C#N)ccc2OC(C)C)[C@@H]1c1ccc(F)cc1. The fraction of sp³-hybridized carbons (Fsp3) is 0.417. The van der Waals surface area contributed by atoms with E-state index in [1.54, 1.807) is 18.2 Å². The number of methoxy groups -OCH3 is 1. The molecule has 0 bridgehead atoms. The van der Waals surface area contributed by atoms with Gasteiger partial charge in [-0.2, -0.15) is 5.26 Å². The molecule has 30 heavy (non-hydrogen) atoms. The monoisotopic (exact) mass is 410 g/mol. The Labute approximate surface area is 176 Å². The molecule has 158 valence electrons. The number of nitrogens with one attached hydrogen (secondary N) is 1. The van der Waals surface area contributed by atoms with Crippen molar-refractivity contribution in [3.05, 3.63) is 65.0 Å². The third-order valence-electron chi connectivity index (χ3n) is 5.52. The minimum Gasteiger partial charge on any atom is -0.491 e. The van der Waals surface area contributed by atoms with Crippen molar-refractivity contribution >= 4 is 5.97 Å². The van der Waals surface area contributed by atoms with Gasteiger partial charge in [-0.05, 0) is 62.6 Å². The quantitative estimate of drug-likeness (QED) is 0.689. The van der Waals surface area contributed by atoms with Crippen molar-refractivity contribution < 1.29 is 18.7 Å². The third kappa shape index (κ3) is 4.98. The number of esters is 1. The number of carbonyl (C=O) groups is 1. The summed E-state index contributed by atoms with van der Waals surface area (Å²) < 4.78 is 24.3. The molecule has 2 aromatic rings. The average Bonchev–Trinajstić information content (AvgIpc) is 3.16. The van der Waals surface area contributed by atoms with E-state index in [-0.39, 0.29) is 35.8 Å². The Morgan fingerprint density at radius 1 is 1.23 bits per heavy atom. The van der Waals surface area contributed by atoms with E-state index in [2.05, 4.69) is 11.4 Å². The van der Waals surface area contributed by atoms with Crippen LogP contribution in [0.3, 0.4) is 0 Å². The van der Waals surface area contributed by atoms with Gasteiger partial charge in [0.2, 0.25) is 0 Å². The lowest BCUT2D eigenvalue weighted by atomic mass is 9.86. The van der Waals surface area contributed by atoms with Gasteiger partial charge in [-0.1, -0.05) is 12.1 Å². The molecule has 0 amide bonds. The van der Waals surface area contributed by atoms with Crippen LogP contribution in [0.25, 0.3) is 0 Å². The van der Waals surface area contributed by atoms with Crippen molar-refractivity contribution in [2.24, 2.45) is 5.92 Å². The van der Waals surface area contributed by atoms with E-state index < -0.39 is 0 Å². The maximum atomic E-state index is 13.4. The normalized spacial score (nSPS) is 20.7. The summed E-state index contributed by atoms with van der Waals surface area (Å²) in [5, 5.41) is 12.8. The topological polar surface area (TPSA) is 71.3 Å². The maximum Gasteiger partial charge on any atom is 0.309 e. The Balaban J connectivity index is 1.83. The molecule has 1 N–H and O–H groups in total. The molecular formula is C24H27FN2O3. The van der Waals surface area contributed by atoms with Gasteiger partial charge in [0.15, 0.2) is 0 Å². The molecule has 1 fully saturated rings. The molecule has 1 aliphatic carbocycles. The molecule has 2 aromatic carbocycles. The van der Waals surface area contributed by atoms with Gasteiger partial charge in [-0.3, -0.25) is 4.79 Å². The molecule has 0 heterocycles. The van der Waals surface area contributed by atoms with Crippen LogP contribution in [0.5, 0.6) is 5.75 Å². The molecule has 3 rings (SSSR count). The van der Waals surface area contributed by atoms with Crippen LogP contribution in [0.15, 0.2) is 42.5 Å². The predicted octanol–water partition coefficient (Wildman–Crippen LogP) is 4.31. The Morgan fingerprint density at radius 3 is 2.60 bits per heavy atom. The molecule has 0 spiro atoms. The number of halogens is 1. The first-order chi connectivity index (χ1) is 14.4. The molecule has 1 saturated carbocycles. The zero-order valence-corrected chi connectivity index (χ0v) is 17.5. The number of nitriles is 1. The van der Waals surface area contributed by atoms with Gasteiger partial charge in [-0.25, -0.2) is 4.39 Å². The summed E-state index contributed by atoms with van der Waals surface area (Å²) in [5.41, 5.74) is 2.37. The van der Waals surface area contributed by atoms with Crippen molar-refractivity contribution in [2.75, 3.05) is 7.11 Å². The van der Waals surface area contributed by atoms with E-state index in [9.17, 15) is 14.4 Å². The predicted molar refractivity (Wildman–Crippen MR) is 111 cm³/mol. The van der Waals surface area contributed by atoms with Crippen molar-refractivity contribution in [1.29, 1.82) is 5.26 Å². The highest BCUT2D eigenvalue weighted by molar-refractivity contribution is 5.74. The van der Waals surface area contributed by atoms with Gasteiger partial charge < -0.3 is 14.8 Å². The summed E-state index contributed by atoms with van der Waals surface area (Å²) in [6.07, 6.45) is 1.50. The van der Waals surface area contributed by atoms with Crippen LogP contribution in [0.2, 0.25) is 0 Å². The van der Waals surface area contributed by atoms with Crippen LogP contribution in [-0.2, 0) is 16.1 Å². The summed E-state index contributed by atoms with van der Waals surface area (Å²) >= 11 is 0. The Hall–Kier alpha value is -2.91. The zero-order chi connectivity index (χ0) is 21.7. The molecule has 0 unspecified atom stereocenters. The Bertz CT molecular complexity index is 921.